The number of carboxylic acid groups (broad SMARTS) is 1. The van der Waals surface area contributed by atoms with Gasteiger partial charge in [-0.1, -0.05) is 12.1 Å². The number of ether oxygens (including phenoxy) is 2. The van der Waals surface area contributed by atoms with Gasteiger partial charge >= 0.3 is 5.97 Å². The summed E-state index contributed by atoms with van der Waals surface area (Å²) in [6.07, 6.45) is 2.97. The normalized spacial score (nSPS) is 17.6. The molecule has 1 fully saturated rings. The summed E-state index contributed by atoms with van der Waals surface area (Å²) in [5.41, 5.74) is 0.476. The third-order valence-corrected chi connectivity index (χ3v) is 4.12. The second-order valence-electron chi connectivity index (χ2n) is 5.61. The van der Waals surface area contributed by atoms with Crippen LogP contribution in [0.15, 0.2) is 23.8 Å². The molecule has 22 heavy (non-hydrogen) atoms. The molecule has 2 N–H and O–H groups in total. The molecule has 0 aromatic heterocycles. The fraction of sp³-hybridized carbons (Fsp3) is 0.375. The van der Waals surface area contributed by atoms with E-state index in [2.05, 4.69) is 5.32 Å². The molecule has 1 heterocycles. The molecular formula is C16H17NO5. The van der Waals surface area contributed by atoms with Crippen LogP contribution in [0, 0.1) is 5.41 Å². The molecule has 0 unspecified atom stereocenters. The first kappa shape index (κ1) is 14.4. The second kappa shape index (κ2) is 5.36. The van der Waals surface area contributed by atoms with Crippen LogP contribution in [-0.2, 0) is 9.59 Å². The number of benzene rings is 1. The van der Waals surface area contributed by atoms with Crippen LogP contribution in [0.1, 0.15) is 18.4 Å². The summed E-state index contributed by atoms with van der Waals surface area (Å²) in [5, 5.41) is 11.8. The summed E-state index contributed by atoms with van der Waals surface area (Å²) in [7, 11) is 1.56. The molecule has 2 aliphatic rings. The molecule has 0 atom stereocenters. The van der Waals surface area contributed by atoms with Gasteiger partial charge in [-0.05, 0) is 25.0 Å². The molecule has 0 radical (unpaired) electrons. The Morgan fingerprint density at radius 1 is 1.41 bits per heavy atom. The van der Waals surface area contributed by atoms with Crippen molar-refractivity contribution in [1.29, 1.82) is 0 Å². The third kappa shape index (κ3) is 2.52. The lowest BCUT2D eigenvalue weighted by atomic mass is 10.1. The van der Waals surface area contributed by atoms with Crippen LogP contribution in [0.25, 0.3) is 6.08 Å². The van der Waals surface area contributed by atoms with E-state index in [0.717, 1.165) is 5.56 Å². The first-order valence-corrected chi connectivity index (χ1v) is 7.08. The maximum atomic E-state index is 12.2. The number of hydrogen-bond acceptors (Lipinski definition) is 4. The third-order valence-electron chi connectivity index (χ3n) is 4.12. The van der Waals surface area contributed by atoms with Crippen molar-refractivity contribution in [1.82, 2.24) is 5.32 Å². The van der Waals surface area contributed by atoms with Gasteiger partial charge in [0.2, 0.25) is 0 Å². The molecule has 6 nitrogen and oxygen atoms in total. The van der Waals surface area contributed by atoms with E-state index in [0.29, 0.717) is 29.9 Å². The molecule has 0 saturated heterocycles. The highest BCUT2D eigenvalue weighted by atomic mass is 16.5. The first-order valence-electron chi connectivity index (χ1n) is 7.08. The van der Waals surface area contributed by atoms with Crippen LogP contribution < -0.4 is 14.8 Å². The average Bonchev–Trinajstić information content (AvgIpc) is 3.32. The smallest absolute Gasteiger partial charge is 0.311 e. The van der Waals surface area contributed by atoms with Gasteiger partial charge in [-0.3, -0.25) is 9.59 Å². The summed E-state index contributed by atoms with van der Waals surface area (Å²) < 4.78 is 10.8. The number of rotatable bonds is 5. The lowest BCUT2D eigenvalue weighted by molar-refractivity contribution is -0.143. The van der Waals surface area contributed by atoms with Crippen LogP contribution in [0.4, 0.5) is 0 Å². The minimum absolute atomic E-state index is 0.138. The van der Waals surface area contributed by atoms with Crippen molar-refractivity contribution in [3.8, 4) is 11.5 Å². The molecule has 1 aromatic rings. The predicted octanol–water partition coefficient (Wildman–Crippen LogP) is 1.45. The van der Waals surface area contributed by atoms with Crippen LogP contribution in [0.5, 0.6) is 11.5 Å². The van der Waals surface area contributed by atoms with Crippen molar-refractivity contribution in [2.24, 2.45) is 5.41 Å². The Bertz CT molecular complexity index is 661. The molecule has 1 aliphatic heterocycles. The Morgan fingerprint density at radius 3 is 2.82 bits per heavy atom. The van der Waals surface area contributed by atoms with E-state index in [1.165, 1.54) is 0 Å². The Morgan fingerprint density at radius 2 is 2.18 bits per heavy atom. The van der Waals surface area contributed by atoms with Gasteiger partial charge < -0.3 is 19.9 Å². The molecule has 0 spiro atoms. The second-order valence-corrected chi connectivity index (χ2v) is 5.61. The maximum Gasteiger partial charge on any atom is 0.311 e. The van der Waals surface area contributed by atoms with Gasteiger partial charge in [0.25, 0.3) is 5.91 Å². The van der Waals surface area contributed by atoms with Gasteiger partial charge in [-0.2, -0.15) is 0 Å². The fourth-order valence-corrected chi connectivity index (χ4v) is 2.45. The zero-order chi connectivity index (χ0) is 15.7. The summed E-state index contributed by atoms with van der Waals surface area (Å²) in [6, 6.07) is 5.45. The highest BCUT2D eigenvalue weighted by molar-refractivity contribution is 5.99. The standard InChI is InChI=1S/C16H17NO5/c1-21-12-4-2-3-10-7-11(8-22-13(10)12)14(18)17-9-16(5-6-16)15(19)20/h2-4,7H,5-6,8-9H2,1H3,(H,17,18)(H,19,20). The monoisotopic (exact) mass is 303 g/mol. The van der Waals surface area contributed by atoms with Crippen LogP contribution in [0.3, 0.4) is 0 Å². The Balaban J connectivity index is 1.71. The quantitative estimate of drug-likeness (QED) is 0.860. The number of carboxylic acids is 1. The van der Waals surface area contributed by atoms with E-state index in [-0.39, 0.29) is 19.1 Å². The number of amides is 1. The van der Waals surface area contributed by atoms with Crippen molar-refractivity contribution in [2.75, 3.05) is 20.3 Å². The van der Waals surface area contributed by atoms with Gasteiger partial charge in [-0.15, -0.1) is 0 Å². The number of para-hydroxylation sites is 1. The highest BCUT2D eigenvalue weighted by Crippen LogP contribution is 2.45. The minimum atomic E-state index is -0.850. The molecule has 0 bridgehead atoms. The summed E-state index contributed by atoms with van der Waals surface area (Å²) in [5.74, 6) is 0.0968. The number of nitrogens with one attached hydrogen (secondary N) is 1. The number of methoxy groups -OCH3 is 1. The van der Waals surface area contributed by atoms with E-state index in [4.69, 9.17) is 14.6 Å². The zero-order valence-corrected chi connectivity index (χ0v) is 12.2. The first-order chi connectivity index (χ1) is 10.6. The van der Waals surface area contributed by atoms with Gasteiger partial charge in [0.05, 0.1) is 18.1 Å². The van der Waals surface area contributed by atoms with Gasteiger partial charge in [0.15, 0.2) is 11.5 Å². The molecule has 1 saturated carbocycles. The Hall–Kier alpha value is -2.50. The number of carbonyl (C=O) groups is 2. The summed E-state index contributed by atoms with van der Waals surface area (Å²) in [4.78, 5) is 23.3. The largest absolute Gasteiger partial charge is 0.493 e. The summed E-state index contributed by atoms with van der Waals surface area (Å²) >= 11 is 0. The lowest BCUT2D eigenvalue weighted by Gasteiger charge is -2.20. The lowest BCUT2D eigenvalue weighted by Crippen LogP contribution is -2.36. The number of carbonyl (C=O) groups excluding carboxylic acids is 1. The van der Waals surface area contributed by atoms with Crippen molar-refractivity contribution in [2.45, 2.75) is 12.8 Å². The SMILES string of the molecule is COc1cccc2c1OCC(C(=O)NCC1(C(=O)O)CC1)=C2. The Kier molecular flexibility index (Phi) is 3.52. The van der Waals surface area contributed by atoms with E-state index >= 15 is 0 Å². The number of hydrogen-bond donors (Lipinski definition) is 2. The Labute approximate surface area is 127 Å². The molecule has 1 aromatic carbocycles. The highest BCUT2D eigenvalue weighted by Gasteiger charge is 2.50. The summed E-state index contributed by atoms with van der Waals surface area (Å²) in [6.45, 7) is 0.294. The van der Waals surface area contributed by atoms with Crippen molar-refractivity contribution >= 4 is 18.0 Å². The van der Waals surface area contributed by atoms with Crippen LogP contribution in [-0.4, -0.2) is 37.2 Å². The molecule has 6 heteroatoms. The fourth-order valence-electron chi connectivity index (χ4n) is 2.45. The van der Waals surface area contributed by atoms with Gasteiger partial charge in [0.1, 0.15) is 6.61 Å². The van der Waals surface area contributed by atoms with Crippen LogP contribution in [0.2, 0.25) is 0 Å². The van der Waals surface area contributed by atoms with Crippen molar-refractivity contribution in [3.05, 3.63) is 29.3 Å². The maximum absolute atomic E-state index is 12.2. The molecular weight excluding hydrogens is 286 g/mol. The molecule has 1 amide bonds. The van der Waals surface area contributed by atoms with Gasteiger partial charge in [0, 0.05) is 12.1 Å². The van der Waals surface area contributed by atoms with Crippen molar-refractivity contribution < 1.29 is 24.2 Å². The van der Waals surface area contributed by atoms with E-state index in [9.17, 15) is 9.59 Å². The number of aliphatic carboxylic acids is 1. The molecule has 3 rings (SSSR count). The van der Waals surface area contributed by atoms with Gasteiger partial charge in [-0.25, -0.2) is 0 Å². The zero-order valence-electron chi connectivity index (χ0n) is 12.2. The molecule has 1 aliphatic carbocycles. The minimum Gasteiger partial charge on any atom is -0.493 e. The van der Waals surface area contributed by atoms with E-state index in [1.807, 2.05) is 12.1 Å². The number of fused-ring (bicyclic) bond motifs is 1. The van der Waals surface area contributed by atoms with Crippen LogP contribution >= 0.6 is 0 Å². The predicted molar refractivity (Wildman–Crippen MR) is 78.8 cm³/mol. The van der Waals surface area contributed by atoms with E-state index < -0.39 is 11.4 Å². The van der Waals surface area contributed by atoms with Crippen molar-refractivity contribution in [3.63, 3.8) is 0 Å². The molecule has 116 valence electrons. The topological polar surface area (TPSA) is 84.9 Å². The van der Waals surface area contributed by atoms with E-state index in [1.54, 1.807) is 19.3 Å². The average molecular weight is 303 g/mol.